The van der Waals surface area contributed by atoms with Gasteiger partial charge < -0.3 is 9.32 Å². The summed E-state index contributed by atoms with van der Waals surface area (Å²) in [6.45, 7) is 11.2. The first kappa shape index (κ1) is 12.0. The van der Waals surface area contributed by atoms with Crippen LogP contribution in [0, 0.1) is 0 Å². The molecule has 1 rings (SSSR count). The maximum Gasteiger partial charge on any atom is 0.246 e. The Morgan fingerprint density at radius 3 is 2.81 bits per heavy atom. The van der Waals surface area contributed by atoms with Crippen LogP contribution in [0.4, 0.5) is 0 Å². The molecule has 0 aliphatic rings. The van der Waals surface area contributed by atoms with Gasteiger partial charge in [0, 0.05) is 12.3 Å². The summed E-state index contributed by atoms with van der Waals surface area (Å²) in [5.41, 5.74) is 0.578. The van der Waals surface area contributed by atoms with Crippen LogP contribution in [0.1, 0.15) is 5.76 Å². The lowest BCUT2D eigenvalue weighted by atomic mass is 10.3. The first-order valence-electron chi connectivity index (χ1n) is 4.86. The summed E-state index contributed by atoms with van der Waals surface area (Å²) in [7, 11) is 1.69. The van der Waals surface area contributed by atoms with E-state index in [0.29, 0.717) is 17.7 Å². The van der Waals surface area contributed by atoms with Crippen molar-refractivity contribution < 1.29 is 9.21 Å². The van der Waals surface area contributed by atoms with Gasteiger partial charge in [0.25, 0.3) is 0 Å². The van der Waals surface area contributed by atoms with E-state index in [-0.39, 0.29) is 5.91 Å². The fraction of sp³-hybridized carbons (Fsp3) is 0.154. The normalized spacial score (nSPS) is 11.2. The third-order valence-corrected chi connectivity index (χ3v) is 2.13. The van der Waals surface area contributed by atoms with Gasteiger partial charge in [-0.15, -0.1) is 0 Å². The molecule has 3 heteroatoms. The van der Waals surface area contributed by atoms with E-state index >= 15 is 0 Å². The molecule has 1 aromatic rings. The van der Waals surface area contributed by atoms with Gasteiger partial charge in [0.1, 0.15) is 11.2 Å². The van der Waals surface area contributed by atoms with E-state index in [1.807, 2.05) is 12.1 Å². The van der Waals surface area contributed by atoms with Crippen LogP contribution in [-0.4, -0.2) is 17.9 Å². The quantitative estimate of drug-likeness (QED) is 0.699. The summed E-state index contributed by atoms with van der Waals surface area (Å²) in [5.74, 6) is 0.548. The molecule has 1 aromatic heterocycles. The Kier molecular flexibility index (Phi) is 3.89. The van der Waals surface area contributed by atoms with Gasteiger partial charge in [-0.1, -0.05) is 31.9 Å². The van der Waals surface area contributed by atoms with E-state index < -0.39 is 0 Å². The molecule has 0 saturated carbocycles. The molecule has 0 aliphatic carbocycles. The van der Waals surface area contributed by atoms with E-state index in [4.69, 9.17) is 4.42 Å². The van der Waals surface area contributed by atoms with Crippen molar-refractivity contribution in [3.8, 4) is 0 Å². The monoisotopic (exact) mass is 217 g/mol. The number of likely N-dealkylation sites (N-methyl/N-ethyl adjacent to an activating group) is 1. The molecule has 1 heterocycles. The SMILES string of the molecule is C=C/C=c1/cc(CN(C)C(=O)C=C)oc1=C. The molecule has 0 unspecified atom stereocenters. The topological polar surface area (TPSA) is 33.5 Å². The van der Waals surface area contributed by atoms with E-state index in [1.54, 1.807) is 13.1 Å². The van der Waals surface area contributed by atoms with Gasteiger partial charge in [0.2, 0.25) is 5.91 Å². The van der Waals surface area contributed by atoms with Gasteiger partial charge in [0.05, 0.1) is 6.54 Å². The van der Waals surface area contributed by atoms with Crippen molar-refractivity contribution in [2.75, 3.05) is 7.05 Å². The van der Waals surface area contributed by atoms with E-state index in [1.165, 1.54) is 11.0 Å². The third kappa shape index (κ3) is 2.73. The van der Waals surface area contributed by atoms with E-state index in [9.17, 15) is 4.79 Å². The molecule has 0 aromatic carbocycles. The lowest BCUT2D eigenvalue weighted by Crippen LogP contribution is -2.23. The van der Waals surface area contributed by atoms with E-state index in [2.05, 4.69) is 19.7 Å². The fourth-order valence-electron chi connectivity index (χ4n) is 1.31. The first-order valence-corrected chi connectivity index (χ1v) is 4.86. The number of nitrogens with zero attached hydrogens (tertiary/aromatic N) is 1. The van der Waals surface area contributed by atoms with Crippen LogP contribution in [0.5, 0.6) is 0 Å². The van der Waals surface area contributed by atoms with Gasteiger partial charge in [-0.3, -0.25) is 4.79 Å². The van der Waals surface area contributed by atoms with E-state index in [0.717, 1.165) is 5.22 Å². The molecule has 0 fully saturated rings. The third-order valence-electron chi connectivity index (χ3n) is 2.13. The summed E-state index contributed by atoms with van der Waals surface area (Å²) >= 11 is 0. The molecular weight excluding hydrogens is 202 g/mol. The minimum atomic E-state index is -0.142. The molecule has 0 aliphatic heterocycles. The van der Waals surface area contributed by atoms with Crippen molar-refractivity contribution in [1.82, 2.24) is 4.90 Å². The lowest BCUT2D eigenvalue weighted by Gasteiger charge is -2.12. The van der Waals surface area contributed by atoms with Gasteiger partial charge in [-0.25, -0.2) is 0 Å². The zero-order chi connectivity index (χ0) is 12.1. The maximum atomic E-state index is 11.3. The first-order chi connectivity index (χ1) is 7.58. The Balaban J connectivity index is 2.91. The minimum absolute atomic E-state index is 0.142. The number of furan rings is 1. The molecule has 84 valence electrons. The zero-order valence-electron chi connectivity index (χ0n) is 9.40. The van der Waals surface area contributed by atoms with Crippen molar-refractivity contribution in [2.24, 2.45) is 0 Å². The molecule has 0 N–H and O–H groups in total. The molecule has 0 spiro atoms. The molecule has 0 radical (unpaired) electrons. The van der Waals surface area contributed by atoms with Crippen LogP contribution < -0.4 is 10.6 Å². The van der Waals surface area contributed by atoms with Gasteiger partial charge in [0.15, 0.2) is 0 Å². The Labute approximate surface area is 94.7 Å². The predicted octanol–water partition coefficient (Wildman–Crippen LogP) is 0.801. The molecule has 16 heavy (non-hydrogen) atoms. The maximum absolute atomic E-state index is 11.3. The number of carbonyl (C=O) groups is 1. The Hall–Kier alpha value is -2.03. The lowest BCUT2D eigenvalue weighted by molar-refractivity contribution is -0.125. The largest absolute Gasteiger partial charge is 0.460 e. The fourth-order valence-corrected chi connectivity index (χ4v) is 1.31. The van der Waals surface area contributed by atoms with Crippen LogP contribution in [0.3, 0.4) is 0 Å². The van der Waals surface area contributed by atoms with Gasteiger partial charge in [-0.05, 0) is 12.1 Å². The smallest absolute Gasteiger partial charge is 0.246 e. The Morgan fingerprint density at radius 2 is 2.25 bits per heavy atom. The molecule has 1 amide bonds. The Bertz CT molecular complexity index is 511. The molecule has 3 nitrogen and oxygen atoms in total. The Morgan fingerprint density at radius 1 is 1.56 bits per heavy atom. The highest BCUT2D eigenvalue weighted by atomic mass is 16.3. The highest BCUT2D eigenvalue weighted by Crippen LogP contribution is 1.98. The highest BCUT2D eigenvalue weighted by Gasteiger charge is 2.07. The summed E-state index contributed by atoms with van der Waals surface area (Å²) in [6.07, 6.45) is 4.75. The van der Waals surface area contributed by atoms with Crippen molar-refractivity contribution in [3.63, 3.8) is 0 Å². The second kappa shape index (κ2) is 5.16. The van der Waals surface area contributed by atoms with Crippen LogP contribution >= 0.6 is 0 Å². The second-order valence-corrected chi connectivity index (χ2v) is 3.39. The number of amides is 1. The number of rotatable bonds is 4. The van der Waals surface area contributed by atoms with Crippen LogP contribution in [-0.2, 0) is 11.3 Å². The zero-order valence-corrected chi connectivity index (χ0v) is 9.40. The van der Waals surface area contributed by atoms with Crippen LogP contribution in [0.25, 0.3) is 12.7 Å². The minimum Gasteiger partial charge on any atom is -0.460 e. The summed E-state index contributed by atoms with van der Waals surface area (Å²) in [6, 6.07) is 1.84. The van der Waals surface area contributed by atoms with Crippen molar-refractivity contribution in [3.05, 3.63) is 47.8 Å². The average Bonchev–Trinajstić information content (AvgIpc) is 2.58. The van der Waals surface area contributed by atoms with Crippen molar-refractivity contribution in [1.29, 1.82) is 0 Å². The van der Waals surface area contributed by atoms with Crippen LogP contribution in [0.15, 0.2) is 35.8 Å². The second-order valence-electron chi connectivity index (χ2n) is 3.39. The number of hydrogen-bond donors (Lipinski definition) is 0. The number of carbonyl (C=O) groups excluding carboxylic acids is 1. The molecule has 0 bridgehead atoms. The number of allylic oxidation sites excluding steroid dienone is 1. The highest BCUT2D eigenvalue weighted by molar-refractivity contribution is 5.86. The molecular formula is C13H15NO2. The van der Waals surface area contributed by atoms with Gasteiger partial charge >= 0.3 is 0 Å². The summed E-state index contributed by atoms with van der Waals surface area (Å²) in [4.78, 5) is 12.8. The van der Waals surface area contributed by atoms with Gasteiger partial charge in [-0.2, -0.15) is 0 Å². The summed E-state index contributed by atoms with van der Waals surface area (Å²) < 4.78 is 5.41. The predicted molar refractivity (Wildman–Crippen MR) is 64.8 cm³/mol. The summed E-state index contributed by atoms with van der Waals surface area (Å²) in [5, 5.41) is 0.879. The average molecular weight is 217 g/mol. The molecule has 0 atom stereocenters. The number of hydrogen-bond acceptors (Lipinski definition) is 2. The van der Waals surface area contributed by atoms with Crippen LogP contribution in [0.2, 0.25) is 0 Å². The van der Waals surface area contributed by atoms with Crippen molar-refractivity contribution in [2.45, 2.75) is 6.54 Å². The van der Waals surface area contributed by atoms with Crippen molar-refractivity contribution >= 4 is 18.6 Å². The molecule has 0 saturated heterocycles. The standard InChI is InChI=1S/C13H15NO2/c1-5-7-11-8-12(16-10(11)3)9-14(4)13(15)6-2/h5-8H,1-3,9H2,4H3/b11-7-.